The molecule has 0 bridgehead atoms. The van der Waals surface area contributed by atoms with Crippen LogP contribution in [0.4, 0.5) is 9.59 Å². The van der Waals surface area contributed by atoms with Crippen LogP contribution in [0.1, 0.15) is 13.8 Å². The third-order valence-corrected chi connectivity index (χ3v) is 1.45. The number of amides is 2. The Morgan fingerprint density at radius 1 is 1.14 bits per heavy atom. The summed E-state index contributed by atoms with van der Waals surface area (Å²) in [6, 6.07) is 0. The molecule has 0 rings (SSSR count). The molecule has 0 aliphatic rings. The van der Waals surface area contributed by atoms with Gasteiger partial charge in [-0.3, -0.25) is 4.79 Å². The van der Waals surface area contributed by atoms with Gasteiger partial charge in [0, 0.05) is 0 Å². The molecule has 0 radical (unpaired) electrons. The van der Waals surface area contributed by atoms with E-state index >= 15 is 0 Å². The molecule has 80 valence electrons. The maximum atomic E-state index is 11.1. The Morgan fingerprint density at radius 3 is 1.71 bits per heavy atom. The minimum atomic E-state index is -1.75. The monoisotopic (exact) mass is 205 g/mol. The van der Waals surface area contributed by atoms with Crippen molar-refractivity contribution in [3.8, 4) is 0 Å². The van der Waals surface area contributed by atoms with E-state index in [0.717, 1.165) is 13.8 Å². The highest BCUT2D eigenvalue weighted by atomic mass is 16.4. The second-order valence-electron chi connectivity index (χ2n) is 3.13. The molecule has 2 amide bonds. The highest BCUT2D eigenvalue weighted by molar-refractivity contribution is 5.95. The first-order valence-corrected chi connectivity index (χ1v) is 3.65. The van der Waals surface area contributed by atoms with Gasteiger partial charge in [0.15, 0.2) is 5.78 Å². The van der Waals surface area contributed by atoms with Crippen molar-refractivity contribution in [1.82, 2.24) is 4.90 Å². The molecular formula is C7H11NO6. The molecule has 0 unspecified atom stereocenters. The van der Waals surface area contributed by atoms with Crippen molar-refractivity contribution in [2.24, 2.45) is 0 Å². The average molecular weight is 205 g/mol. The van der Waals surface area contributed by atoms with Gasteiger partial charge in [0.2, 0.25) is 0 Å². The van der Waals surface area contributed by atoms with Gasteiger partial charge in [-0.1, -0.05) is 0 Å². The molecular weight excluding hydrogens is 194 g/mol. The van der Waals surface area contributed by atoms with Gasteiger partial charge in [-0.05, 0) is 13.8 Å². The molecule has 0 aromatic heterocycles. The van der Waals surface area contributed by atoms with Crippen LogP contribution in [0.2, 0.25) is 0 Å². The molecule has 7 nitrogen and oxygen atoms in total. The van der Waals surface area contributed by atoms with Crippen LogP contribution in [0.15, 0.2) is 0 Å². The summed E-state index contributed by atoms with van der Waals surface area (Å²) in [4.78, 5) is 31.6. The largest absolute Gasteiger partial charge is 0.465 e. The Hall–Kier alpha value is -1.63. The molecule has 0 saturated heterocycles. The predicted octanol–water partition coefficient (Wildman–Crippen LogP) is -0.0156. The van der Waals surface area contributed by atoms with Crippen LogP contribution in [0.3, 0.4) is 0 Å². The summed E-state index contributed by atoms with van der Waals surface area (Å²) in [5.41, 5.74) is -1.75. The van der Waals surface area contributed by atoms with E-state index in [2.05, 4.69) is 0 Å². The fourth-order valence-corrected chi connectivity index (χ4v) is 0.554. The van der Waals surface area contributed by atoms with Gasteiger partial charge < -0.3 is 15.3 Å². The number of carboxylic acid groups (broad SMARTS) is 2. The van der Waals surface area contributed by atoms with E-state index in [-0.39, 0.29) is 4.90 Å². The van der Waals surface area contributed by atoms with Gasteiger partial charge in [-0.2, -0.15) is 0 Å². The van der Waals surface area contributed by atoms with E-state index in [0.29, 0.717) is 0 Å². The molecule has 0 aromatic rings. The maximum absolute atomic E-state index is 11.1. The van der Waals surface area contributed by atoms with E-state index in [4.69, 9.17) is 15.3 Å². The average Bonchev–Trinajstić information content (AvgIpc) is 1.96. The lowest BCUT2D eigenvalue weighted by atomic mass is 10.0. The number of hydrogen-bond donors (Lipinski definition) is 3. The number of rotatable bonds is 3. The first kappa shape index (κ1) is 12.4. The van der Waals surface area contributed by atoms with Crippen LogP contribution in [0.25, 0.3) is 0 Å². The summed E-state index contributed by atoms with van der Waals surface area (Å²) < 4.78 is 0. The zero-order chi connectivity index (χ0) is 11.5. The number of imide groups is 1. The second kappa shape index (κ2) is 4.05. The van der Waals surface area contributed by atoms with E-state index in [1.807, 2.05) is 0 Å². The van der Waals surface area contributed by atoms with E-state index < -0.39 is 30.1 Å². The summed E-state index contributed by atoms with van der Waals surface area (Å²) in [6.07, 6.45) is -3.51. The van der Waals surface area contributed by atoms with Gasteiger partial charge in [0.25, 0.3) is 0 Å². The van der Waals surface area contributed by atoms with Crippen molar-refractivity contribution in [2.75, 3.05) is 6.54 Å². The molecule has 7 heteroatoms. The van der Waals surface area contributed by atoms with Crippen molar-refractivity contribution in [3.05, 3.63) is 0 Å². The molecule has 0 heterocycles. The van der Waals surface area contributed by atoms with Gasteiger partial charge >= 0.3 is 12.2 Å². The SMILES string of the molecule is CC(C)(O)C(=O)CN(C(=O)O)C(=O)O. The zero-order valence-electron chi connectivity index (χ0n) is 7.72. The third kappa shape index (κ3) is 3.40. The Bertz CT molecular complexity index is 252. The number of nitrogens with zero attached hydrogens (tertiary/aromatic N) is 1. The first-order valence-electron chi connectivity index (χ1n) is 3.65. The van der Waals surface area contributed by atoms with Crippen molar-refractivity contribution in [1.29, 1.82) is 0 Å². The lowest BCUT2D eigenvalue weighted by Gasteiger charge is -2.19. The molecule has 3 N–H and O–H groups in total. The van der Waals surface area contributed by atoms with Gasteiger partial charge in [-0.15, -0.1) is 0 Å². The lowest BCUT2D eigenvalue weighted by Crippen LogP contribution is -2.45. The molecule has 14 heavy (non-hydrogen) atoms. The molecule has 0 aliphatic heterocycles. The zero-order valence-corrected chi connectivity index (χ0v) is 7.72. The molecule has 0 spiro atoms. The molecule has 0 fully saturated rings. The third-order valence-electron chi connectivity index (χ3n) is 1.45. The number of aliphatic hydroxyl groups is 1. The van der Waals surface area contributed by atoms with Crippen LogP contribution in [-0.4, -0.2) is 50.3 Å². The standard InChI is InChI=1S/C7H11NO6/c1-7(2,14)4(9)3-8(5(10)11)6(12)13/h14H,3H2,1-2H3,(H,10,11)(H,12,13). The molecule has 0 atom stereocenters. The number of Topliss-reactive ketones (excluding diaryl/α,β-unsaturated/α-hetero) is 1. The summed E-state index contributed by atoms with van der Waals surface area (Å²) in [6.45, 7) is 1.42. The summed E-state index contributed by atoms with van der Waals surface area (Å²) in [5.74, 6) is -0.887. The normalized spacial score (nSPS) is 10.8. The van der Waals surface area contributed by atoms with Gasteiger partial charge in [0.1, 0.15) is 5.60 Å². The van der Waals surface area contributed by atoms with Crippen LogP contribution in [-0.2, 0) is 4.79 Å². The molecule has 0 saturated carbocycles. The Kier molecular flexibility index (Phi) is 3.58. The Labute approximate surface area is 79.6 Å². The van der Waals surface area contributed by atoms with Crippen molar-refractivity contribution in [3.63, 3.8) is 0 Å². The first-order chi connectivity index (χ1) is 6.16. The van der Waals surface area contributed by atoms with Gasteiger partial charge in [-0.25, -0.2) is 14.5 Å². The Morgan fingerprint density at radius 2 is 1.50 bits per heavy atom. The maximum Gasteiger partial charge on any atom is 0.417 e. The minimum absolute atomic E-state index is 0.0969. The topological polar surface area (TPSA) is 115 Å². The number of hydrogen-bond acceptors (Lipinski definition) is 4. The summed E-state index contributed by atoms with van der Waals surface area (Å²) >= 11 is 0. The fourth-order valence-electron chi connectivity index (χ4n) is 0.554. The quantitative estimate of drug-likeness (QED) is 0.596. The van der Waals surface area contributed by atoms with Crippen molar-refractivity contribution >= 4 is 18.0 Å². The van der Waals surface area contributed by atoms with E-state index in [1.165, 1.54) is 0 Å². The van der Waals surface area contributed by atoms with Crippen LogP contribution < -0.4 is 0 Å². The Balaban J connectivity index is 4.56. The summed E-state index contributed by atoms with van der Waals surface area (Å²) in [7, 11) is 0. The second-order valence-corrected chi connectivity index (χ2v) is 3.13. The van der Waals surface area contributed by atoms with Crippen molar-refractivity contribution < 1.29 is 29.7 Å². The highest BCUT2D eigenvalue weighted by Crippen LogP contribution is 2.04. The van der Waals surface area contributed by atoms with Gasteiger partial charge in [0.05, 0.1) is 6.54 Å². The van der Waals surface area contributed by atoms with E-state index in [9.17, 15) is 14.4 Å². The number of ketones is 1. The number of carbonyl (C=O) groups is 3. The van der Waals surface area contributed by atoms with Crippen LogP contribution in [0, 0.1) is 0 Å². The molecule has 0 aromatic carbocycles. The van der Waals surface area contributed by atoms with Crippen molar-refractivity contribution in [2.45, 2.75) is 19.4 Å². The number of carbonyl (C=O) groups excluding carboxylic acids is 1. The predicted molar refractivity (Wildman–Crippen MR) is 44.1 cm³/mol. The molecule has 0 aliphatic carbocycles. The fraction of sp³-hybridized carbons (Fsp3) is 0.571. The van der Waals surface area contributed by atoms with E-state index in [1.54, 1.807) is 0 Å². The van der Waals surface area contributed by atoms with Crippen LogP contribution in [0.5, 0.6) is 0 Å². The van der Waals surface area contributed by atoms with Crippen LogP contribution >= 0.6 is 0 Å². The summed E-state index contributed by atoms with van der Waals surface area (Å²) in [5, 5.41) is 25.9. The minimum Gasteiger partial charge on any atom is -0.465 e. The lowest BCUT2D eigenvalue weighted by molar-refractivity contribution is -0.134. The smallest absolute Gasteiger partial charge is 0.417 e. The highest BCUT2D eigenvalue weighted by Gasteiger charge is 2.30.